The van der Waals surface area contributed by atoms with Crippen molar-refractivity contribution in [1.82, 2.24) is 5.32 Å². The van der Waals surface area contributed by atoms with Gasteiger partial charge in [0.1, 0.15) is 13.2 Å². The van der Waals surface area contributed by atoms with E-state index in [1.807, 2.05) is 27.2 Å². The van der Waals surface area contributed by atoms with Crippen LogP contribution in [0.2, 0.25) is 0 Å². The molecule has 0 aromatic carbocycles. The van der Waals surface area contributed by atoms with Gasteiger partial charge in [0.2, 0.25) is 5.91 Å². The number of amides is 1. The van der Waals surface area contributed by atoms with Gasteiger partial charge in [0.15, 0.2) is 0 Å². The summed E-state index contributed by atoms with van der Waals surface area (Å²) in [6.45, 7) is 4.85. The van der Waals surface area contributed by atoms with Crippen LogP contribution in [0.3, 0.4) is 0 Å². The van der Waals surface area contributed by atoms with E-state index < -0.39 is 20.0 Å². The smallest absolute Gasteiger partial charge is 0.387 e. The quantitative estimate of drug-likeness (QED) is 0.0243. The Morgan fingerprint density at radius 3 is 1.17 bits per heavy atom. The third kappa shape index (κ3) is 50.8. The van der Waals surface area contributed by atoms with Crippen LogP contribution in [0.4, 0.5) is 0 Å². The zero-order valence-corrected chi connectivity index (χ0v) is 45.6. The average molecular weight is 955 g/mol. The van der Waals surface area contributed by atoms with E-state index in [9.17, 15) is 19.4 Å². The van der Waals surface area contributed by atoms with E-state index in [1.54, 1.807) is 6.08 Å². The molecule has 0 bridgehead atoms. The number of carbonyl (C=O) groups excluding carboxylic acids is 1. The Kier molecular flexibility index (Phi) is 48.2. The molecule has 0 saturated heterocycles. The van der Waals surface area contributed by atoms with Gasteiger partial charge in [-0.1, -0.05) is 256 Å². The Morgan fingerprint density at radius 1 is 0.500 bits per heavy atom. The molecular weight excluding hydrogens is 840 g/mol. The average Bonchev–Trinajstić information content (AvgIpc) is 3.28. The standard InChI is InChI=1S/C57H113N2O6P/c1-6-8-10-12-14-16-18-20-22-23-24-25-26-27-28-29-30-31-32-33-34-35-37-39-41-43-45-47-49-51-57(61)58-55(54-65-66(62,63)64-53-52-59(3,4)5)56(60)50-48-46-44-42-40-38-36-21-19-17-15-13-11-9-7-2/h27-28,48,50,55-56,60H,6-26,29-47,49,51-54H2,1-5H3,(H-,58,61,62,63)/p+1/b28-27-,50-48+. The molecule has 0 fully saturated rings. The zero-order chi connectivity index (χ0) is 48.5. The van der Waals surface area contributed by atoms with Crippen molar-refractivity contribution < 1.29 is 32.9 Å². The minimum absolute atomic E-state index is 0.0634. The van der Waals surface area contributed by atoms with E-state index in [0.717, 1.165) is 38.5 Å². The molecule has 0 rings (SSSR count). The normalized spacial score (nSPS) is 14.1. The number of phosphoric ester groups is 1. The molecule has 66 heavy (non-hydrogen) atoms. The highest BCUT2D eigenvalue weighted by Crippen LogP contribution is 2.43. The molecule has 0 aliphatic carbocycles. The third-order valence-electron chi connectivity index (χ3n) is 13.2. The van der Waals surface area contributed by atoms with Crippen molar-refractivity contribution >= 4 is 13.7 Å². The van der Waals surface area contributed by atoms with Gasteiger partial charge in [0, 0.05) is 6.42 Å². The molecule has 1 amide bonds. The second-order valence-electron chi connectivity index (χ2n) is 21.0. The van der Waals surface area contributed by atoms with Crippen LogP contribution in [0.15, 0.2) is 24.3 Å². The molecule has 9 heteroatoms. The number of carbonyl (C=O) groups is 1. The molecule has 0 saturated carbocycles. The number of nitrogens with one attached hydrogen (secondary N) is 1. The van der Waals surface area contributed by atoms with Crippen LogP contribution in [0, 0.1) is 0 Å². The highest BCUT2D eigenvalue weighted by atomic mass is 31.2. The predicted molar refractivity (Wildman–Crippen MR) is 286 cm³/mol. The summed E-state index contributed by atoms with van der Waals surface area (Å²) in [4.78, 5) is 23.3. The maximum absolute atomic E-state index is 13.0. The molecule has 3 N–H and O–H groups in total. The third-order valence-corrected chi connectivity index (χ3v) is 14.1. The van der Waals surface area contributed by atoms with Gasteiger partial charge in [-0.3, -0.25) is 13.8 Å². The van der Waals surface area contributed by atoms with Gasteiger partial charge in [0.05, 0.1) is 39.9 Å². The minimum atomic E-state index is -4.34. The number of quaternary nitrogens is 1. The summed E-state index contributed by atoms with van der Waals surface area (Å²) in [6, 6.07) is -0.844. The van der Waals surface area contributed by atoms with E-state index in [-0.39, 0.29) is 19.1 Å². The van der Waals surface area contributed by atoms with Gasteiger partial charge >= 0.3 is 7.82 Å². The van der Waals surface area contributed by atoms with Gasteiger partial charge in [-0.05, 0) is 44.9 Å². The fraction of sp³-hybridized carbons (Fsp3) is 0.912. The van der Waals surface area contributed by atoms with Gasteiger partial charge in [-0.15, -0.1) is 0 Å². The largest absolute Gasteiger partial charge is 0.472 e. The summed E-state index contributed by atoms with van der Waals surface area (Å²) in [5.41, 5.74) is 0. The summed E-state index contributed by atoms with van der Waals surface area (Å²) >= 11 is 0. The van der Waals surface area contributed by atoms with E-state index >= 15 is 0 Å². The van der Waals surface area contributed by atoms with E-state index in [1.165, 1.54) is 225 Å². The first-order valence-electron chi connectivity index (χ1n) is 28.7. The van der Waals surface area contributed by atoms with Gasteiger partial charge in [-0.2, -0.15) is 0 Å². The summed E-state index contributed by atoms with van der Waals surface area (Å²) in [5.74, 6) is -0.173. The van der Waals surface area contributed by atoms with Gasteiger partial charge in [-0.25, -0.2) is 4.57 Å². The molecule has 0 spiro atoms. The molecule has 0 aliphatic rings. The van der Waals surface area contributed by atoms with Crippen molar-refractivity contribution in [1.29, 1.82) is 0 Å². The van der Waals surface area contributed by atoms with Gasteiger partial charge < -0.3 is 19.8 Å². The monoisotopic (exact) mass is 954 g/mol. The highest BCUT2D eigenvalue weighted by molar-refractivity contribution is 7.47. The SMILES string of the molecule is CCCCCCCCCCCCCC/C=C\CCCCCCCCCCCCCCCC(=O)NC(COP(=O)(O)OCC[N+](C)(C)C)C(O)/C=C/CCCCCCCCCCCCCCC. The number of nitrogens with zero attached hydrogens (tertiary/aromatic N) is 1. The molecule has 0 radical (unpaired) electrons. The number of aliphatic hydroxyl groups excluding tert-OH is 1. The number of unbranched alkanes of at least 4 members (excludes halogenated alkanes) is 38. The van der Waals surface area contributed by atoms with Crippen LogP contribution in [0.25, 0.3) is 0 Å². The molecule has 3 atom stereocenters. The predicted octanol–water partition coefficient (Wildman–Crippen LogP) is 17.2. The highest BCUT2D eigenvalue weighted by Gasteiger charge is 2.27. The molecule has 0 heterocycles. The molecule has 392 valence electrons. The Morgan fingerprint density at radius 2 is 0.818 bits per heavy atom. The number of rotatable bonds is 53. The number of aliphatic hydroxyl groups is 1. The lowest BCUT2D eigenvalue weighted by atomic mass is 10.0. The summed E-state index contributed by atoms with van der Waals surface area (Å²) in [5, 5.41) is 13.9. The first kappa shape index (κ1) is 65.0. The molecule has 0 aliphatic heterocycles. The zero-order valence-electron chi connectivity index (χ0n) is 44.7. The van der Waals surface area contributed by atoms with Crippen LogP contribution in [0.1, 0.15) is 284 Å². The molecule has 3 unspecified atom stereocenters. The van der Waals surface area contributed by atoms with Gasteiger partial charge in [0.25, 0.3) is 0 Å². The number of phosphoric acid groups is 1. The second-order valence-corrected chi connectivity index (χ2v) is 22.5. The van der Waals surface area contributed by atoms with Crippen LogP contribution < -0.4 is 5.32 Å². The minimum Gasteiger partial charge on any atom is -0.387 e. The Balaban J connectivity index is 4.09. The van der Waals surface area contributed by atoms with Crippen molar-refractivity contribution in [3.05, 3.63) is 24.3 Å². The Hall–Kier alpha value is -1.02. The summed E-state index contributed by atoms with van der Waals surface area (Å²) in [6.07, 6.45) is 61.4. The molecular formula is C57H114N2O6P+. The number of allylic oxidation sites excluding steroid dienone is 3. The van der Waals surface area contributed by atoms with Crippen molar-refractivity contribution in [2.24, 2.45) is 0 Å². The lowest BCUT2D eigenvalue weighted by molar-refractivity contribution is -0.870. The topological polar surface area (TPSA) is 105 Å². The fourth-order valence-corrected chi connectivity index (χ4v) is 9.36. The van der Waals surface area contributed by atoms with Crippen molar-refractivity contribution in [3.8, 4) is 0 Å². The van der Waals surface area contributed by atoms with Crippen LogP contribution >= 0.6 is 7.82 Å². The van der Waals surface area contributed by atoms with E-state index in [4.69, 9.17) is 9.05 Å². The number of likely N-dealkylation sites (N-methyl/N-ethyl adjacent to an activating group) is 1. The van der Waals surface area contributed by atoms with Crippen molar-refractivity contribution in [3.63, 3.8) is 0 Å². The Bertz CT molecular complexity index is 1130. The molecule has 0 aromatic rings. The Labute approximate surface area is 411 Å². The second kappa shape index (κ2) is 49.0. The first-order valence-corrected chi connectivity index (χ1v) is 30.2. The lowest BCUT2D eigenvalue weighted by Crippen LogP contribution is -2.45. The van der Waals surface area contributed by atoms with E-state index in [2.05, 4.69) is 31.3 Å². The molecule has 8 nitrogen and oxygen atoms in total. The van der Waals surface area contributed by atoms with Crippen LogP contribution in [-0.4, -0.2) is 73.4 Å². The lowest BCUT2D eigenvalue weighted by Gasteiger charge is -2.25. The number of hydrogen-bond donors (Lipinski definition) is 3. The fourth-order valence-electron chi connectivity index (χ4n) is 8.63. The summed E-state index contributed by atoms with van der Waals surface area (Å²) < 4.78 is 23.7. The van der Waals surface area contributed by atoms with Crippen molar-refractivity contribution in [2.75, 3.05) is 40.9 Å². The maximum atomic E-state index is 13.0. The summed E-state index contributed by atoms with van der Waals surface area (Å²) in [7, 11) is 1.58. The molecule has 0 aromatic heterocycles. The maximum Gasteiger partial charge on any atom is 0.472 e. The van der Waals surface area contributed by atoms with E-state index in [0.29, 0.717) is 17.4 Å². The van der Waals surface area contributed by atoms with Crippen LogP contribution in [-0.2, 0) is 18.4 Å². The number of hydrogen-bond acceptors (Lipinski definition) is 5. The van der Waals surface area contributed by atoms with Crippen LogP contribution in [0.5, 0.6) is 0 Å². The van der Waals surface area contributed by atoms with Crippen molar-refractivity contribution in [2.45, 2.75) is 296 Å². The first-order chi connectivity index (χ1) is 32.0.